The predicted molar refractivity (Wildman–Crippen MR) is 98.1 cm³/mol. The van der Waals surface area contributed by atoms with Crippen molar-refractivity contribution in [3.05, 3.63) is 59.9 Å². The van der Waals surface area contributed by atoms with Gasteiger partial charge in [-0.15, -0.1) is 0 Å². The Morgan fingerprint density at radius 1 is 1.12 bits per heavy atom. The topological polar surface area (TPSA) is 77.5 Å². The maximum absolute atomic E-state index is 13.2. The number of aromatic hydroxyl groups is 1. The van der Waals surface area contributed by atoms with Crippen LogP contribution in [0.3, 0.4) is 0 Å². The van der Waals surface area contributed by atoms with Crippen LogP contribution in [-0.4, -0.2) is 33.5 Å². The van der Waals surface area contributed by atoms with Gasteiger partial charge in [-0.25, -0.2) is 10.9 Å². The third-order valence-corrected chi connectivity index (χ3v) is 5.31. The van der Waals surface area contributed by atoms with Crippen LogP contribution >= 0.6 is 0 Å². The fourth-order valence-electron chi connectivity index (χ4n) is 3.92. The molecule has 0 saturated carbocycles. The van der Waals surface area contributed by atoms with Crippen molar-refractivity contribution >= 4 is 5.91 Å². The molecule has 2 aliphatic rings. The number of phenols is 1. The highest BCUT2D eigenvalue weighted by Gasteiger charge is 2.37. The lowest BCUT2D eigenvalue weighted by Crippen LogP contribution is -2.48. The SMILES string of the molecule is O=C(C1CC(c2ccc(O)cc2)NN1)N1CCCCC1c1ccccn1. The molecule has 6 heteroatoms. The van der Waals surface area contributed by atoms with Crippen LogP contribution in [0.4, 0.5) is 0 Å². The Bertz CT molecular complexity index is 750. The number of carbonyl (C=O) groups excluding carboxylic acids is 1. The van der Waals surface area contributed by atoms with Gasteiger partial charge in [-0.3, -0.25) is 9.78 Å². The first-order chi connectivity index (χ1) is 12.7. The largest absolute Gasteiger partial charge is 0.508 e. The molecule has 26 heavy (non-hydrogen) atoms. The highest BCUT2D eigenvalue weighted by atomic mass is 16.3. The van der Waals surface area contributed by atoms with E-state index in [4.69, 9.17) is 0 Å². The fourth-order valence-corrected chi connectivity index (χ4v) is 3.92. The molecule has 2 aromatic rings. The smallest absolute Gasteiger partial charge is 0.241 e. The number of aromatic nitrogens is 1. The Balaban J connectivity index is 1.47. The van der Waals surface area contributed by atoms with Crippen LogP contribution in [0, 0.1) is 0 Å². The van der Waals surface area contributed by atoms with Crippen molar-refractivity contribution < 1.29 is 9.90 Å². The molecule has 3 heterocycles. The number of piperidine rings is 1. The molecule has 0 radical (unpaired) electrons. The van der Waals surface area contributed by atoms with Crippen molar-refractivity contribution in [1.82, 2.24) is 20.7 Å². The number of nitrogens with one attached hydrogen (secondary N) is 2. The molecule has 136 valence electrons. The van der Waals surface area contributed by atoms with Gasteiger partial charge in [-0.1, -0.05) is 18.2 Å². The Labute approximate surface area is 153 Å². The van der Waals surface area contributed by atoms with Crippen LogP contribution in [0.2, 0.25) is 0 Å². The molecule has 3 atom stereocenters. The molecule has 0 spiro atoms. The summed E-state index contributed by atoms with van der Waals surface area (Å²) in [4.78, 5) is 19.6. The first-order valence-electron chi connectivity index (χ1n) is 9.24. The number of rotatable bonds is 3. The highest BCUT2D eigenvalue weighted by molar-refractivity contribution is 5.82. The molecule has 2 aliphatic heterocycles. The number of pyridine rings is 1. The summed E-state index contributed by atoms with van der Waals surface area (Å²) in [6.07, 6.45) is 5.61. The summed E-state index contributed by atoms with van der Waals surface area (Å²) < 4.78 is 0. The van der Waals surface area contributed by atoms with Crippen LogP contribution < -0.4 is 10.9 Å². The van der Waals surface area contributed by atoms with Crippen LogP contribution in [0.1, 0.15) is 49.0 Å². The third-order valence-electron chi connectivity index (χ3n) is 5.31. The number of nitrogens with zero attached hydrogens (tertiary/aromatic N) is 2. The summed E-state index contributed by atoms with van der Waals surface area (Å²) in [5.41, 5.74) is 8.42. The Kier molecular flexibility index (Phi) is 4.86. The molecule has 0 aliphatic carbocycles. The van der Waals surface area contributed by atoms with Gasteiger partial charge in [0.2, 0.25) is 5.91 Å². The lowest BCUT2D eigenvalue weighted by atomic mass is 9.96. The van der Waals surface area contributed by atoms with Crippen molar-refractivity contribution in [1.29, 1.82) is 0 Å². The molecule has 2 saturated heterocycles. The van der Waals surface area contributed by atoms with Gasteiger partial charge in [0, 0.05) is 18.8 Å². The number of benzene rings is 1. The maximum atomic E-state index is 13.2. The molecule has 3 N–H and O–H groups in total. The zero-order chi connectivity index (χ0) is 17.9. The standard InChI is InChI=1S/C20H24N4O2/c25-15-9-7-14(8-10-15)17-13-18(23-22-17)20(26)24-12-4-2-6-19(24)16-5-1-3-11-21-16/h1,3,5,7-11,17-19,22-23,25H,2,4,6,12-13H2. The normalized spacial score (nSPS) is 26.0. The first kappa shape index (κ1) is 17.0. The van der Waals surface area contributed by atoms with Gasteiger partial charge in [-0.05, 0) is 55.5 Å². The molecule has 1 aromatic heterocycles. The van der Waals surface area contributed by atoms with Gasteiger partial charge in [0.15, 0.2) is 0 Å². The van der Waals surface area contributed by atoms with Crippen molar-refractivity contribution in [2.24, 2.45) is 0 Å². The summed E-state index contributed by atoms with van der Waals surface area (Å²) in [5.74, 6) is 0.382. The lowest BCUT2D eigenvalue weighted by Gasteiger charge is -2.36. The van der Waals surface area contributed by atoms with E-state index in [9.17, 15) is 9.90 Å². The Hall–Kier alpha value is -2.44. The lowest BCUT2D eigenvalue weighted by molar-refractivity contribution is -0.137. The van der Waals surface area contributed by atoms with E-state index in [0.29, 0.717) is 6.42 Å². The molecule has 4 rings (SSSR count). The van der Waals surface area contributed by atoms with Crippen LogP contribution in [0.5, 0.6) is 5.75 Å². The molecular weight excluding hydrogens is 328 g/mol. The second-order valence-electron chi connectivity index (χ2n) is 7.02. The number of phenolic OH excluding ortho intramolecular Hbond substituents is 1. The number of hydrogen-bond acceptors (Lipinski definition) is 5. The van der Waals surface area contributed by atoms with Crippen LogP contribution in [0.15, 0.2) is 48.7 Å². The second-order valence-corrected chi connectivity index (χ2v) is 7.02. The van der Waals surface area contributed by atoms with Gasteiger partial charge >= 0.3 is 0 Å². The Morgan fingerprint density at radius 2 is 1.96 bits per heavy atom. The number of hydrogen-bond donors (Lipinski definition) is 3. The number of hydrazine groups is 1. The number of carbonyl (C=O) groups is 1. The van der Waals surface area contributed by atoms with Crippen molar-refractivity contribution in [2.45, 2.75) is 43.8 Å². The molecule has 0 bridgehead atoms. The summed E-state index contributed by atoms with van der Waals surface area (Å²) in [6, 6.07) is 12.9. The van der Waals surface area contributed by atoms with E-state index in [1.54, 1.807) is 18.3 Å². The predicted octanol–water partition coefficient (Wildman–Crippen LogP) is 2.45. The fraction of sp³-hybridized carbons (Fsp3) is 0.400. The minimum atomic E-state index is -0.252. The Morgan fingerprint density at radius 3 is 2.73 bits per heavy atom. The highest BCUT2D eigenvalue weighted by Crippen LogP contribution is 2.32. The van der Waals surface area contributed by atoms with E-state index in [2.05, 4.69) is 15.8 Å². The summed E-state index contributed by atoms with van der Waals surface area (Å²) in [5, 5.41) is 9.44. The number of likely N-dealkylation sites (tertiary alicyclic amines) is 1. The zero-order valence-electron chi connectivity index (χ0n) is 14.6. The van der Waals surface area contributed by atoms with Crippen molar-refractivity contribution in [3.63, 3.8) is 0 Å². The summed E-state index contributed by atoms with van der Waals surface area (Å²) in [7, 11) is 0. The average molecular weight is 352 g/mol. The molecule has 3 unspecified atom stereocenters. The van der Waals surface area contributed by atoms with E-state index in [0.717, 1.165) is 37.1 Å². The van der Waals surface area contributed by atoms with Gasteiger partial charge < -0.3 is 10.0 Å². The van der Waals surface area contributed by atoms with Gasteiger partial charge in [0.1, 0.15) is 11.8 Å². The third kappa shape index (κ3) is 3.43. The van der Waals surface area contributed by atoms with E-state index >= 15 is 0 Å². The van der Waals surface area contributed by atoms with E-state index in [-0.39, 0.29) is 29.8 Å². The zero-order valence-corrected chi connectivity index (χ0v) is 14.6. The molecule has 2 fully saturated rings. The van der Waals surface area contributed by atoms with Gasteiger partial charge in [-0.2, -0.15) is 0 Å². The minimum Gasteiger partial charge on any atom is -0.508 e. The quantitative estimate of drug-likeness (QED) is 0.791. The summed E-state index contributed by atoms with van der Waals surface area (Å²) >= 11 is 0. The molecule has 1 aromatic carbocycles. The van der Waals surface area contributed by atoms with Crippen molar-refractivity contribution in [2.75, 3.05) is 6.54 Å². The molecular formula is C20H24N4O2. The van der Waals surface area contributed by atoms with E-state index in [1.807, 2.05) is 35.2 Å². The monoisotopic (exact) mass is 352 g/mol. The van der Waals surface area contributed by atoms with Gasteiger partial charge in [0.05, 0.1) is 11.7 Å². The maximum Gasteiger partial charge on any atom is 0.241 e. The minimum absolute atomic E-state index is 0.0580. The summed E-state index contributed by atoms with van der Waals surface area (Å²) in [6.45, 7) is 0.780. The van der Waals surface area contributed by atoms with E-state index < -0.39 is 0 Å². The van der Waals surface area contributed by atoms with Crippen LogP contribution in [0.25, 0.3) is 0 Å². The van der Waals surface area contributed by atoms with E-state index in [1.165, 1.54) is 0 Å². The second kappa shape index (κ2) is 7.43. The van der Waals surface area contributed by atoms with Gasteiger partial charge in [0.25, 0.3) is 0 Å². The van der Waals surface area contributed by atoms with Crippen molar-refractivity contribution in [3.8, 4) is 5.75 Å². The molecule has 1 amide bonds. The first-order valence-corrected chi connectivity index (χ1v) is 9.24. The number of amides is 1. The van der Waals surface area contributed by atoms with Crippen LogP contribution in [-0.2, 0) is 4.79 Å². The molecule has 6 nitrogen and oxygen atoms in total. The average Bonchev–Trinajstić information content (AvgIpc) is 3.19.